The molecule has 0 saturated carbocycles. The molecule has 1 aliphatic rings. The van der Waals surface area contributed by atoms with Crippen LogP contribution in [0.15, 0.2) is 12.1 Å². The van der Waals surface area contributed by atoms with Crippen LogP contribution in [-0.2, 0) is 16.1 Å². The van der Waals surface area contributed by atoms with E-state index < -0.39 is 29.8 Å². The summed E-state index contributed by atoms with van der Waals surface area (Å²) in [5, 5.41) is 3.07. The number of carbonyl (C=O) groups excluding carboxylic acids is 2. The number of pyridine rings is 1. The summed E-state index contributed by atoms with van der Waals surface area (Å²) in [6.45, 7) is 5.09. The molecule has 25 heavy (non-hydrogen) atoms. The van der Waals surface area contributed by atoms with Gasteiger partial charge in [0.2, 0.25) is 5.91 Å². The Balaban J connectivity index is 2.02. The molecule has 2 heterocycles. The monoisotopic (exact) mass is 391 g/mol. The Labute approximate surface area is 155 Å². The van der Waals surface area contributed by atoms with Crippen LogP contribution in [0.25, 0.3) is 0 Å². The fourth-order valence-electron chi connectivity index (χ4n) is 2.48. The molecule has 2 atom stereocenters. The van der Waals surface area contributed by atoms with Gasteiger partial charge >= 0.3 is 6.09 Å². The molecule has 1 aliphatic heterocycles. The molecule has 0 bridgehead atoms. The van der Waals surface area contributed by atoms with E-state index in [4.69, 9.17) is 27.9 Å². The average Bonchev–Trinajstić information content (AvgIpc) is 2.84. The molecule has 2 rings (SSSR count). The number of carbonyl (C=O) groups is 2. The minimum absolute atomic E-state index is 0.0665. The van der Waals surface area contributed by atoms with E-state index in [0.717, 1.165) is 4.90 Å². The van der Waals surface area contributed by atoms with Gasteiger partial charge in [-0.1, -0.05) is 23.2 Å². The molecule has 0 aromatic carbocycles. The van der Waals surface area contributed by atoms with Gasteiger partial charge in [-0.3, -0.25) is 9.69 Å². The van der Waals surface area contributed by atoms with Gasteiger partial charge in [0, 0.05) is 13.0 Å². The van der Waals surface area contributed by atoms with Crippen molar-refractivity contribution >= 4 is 35.2 Å². The van der Waals surface area contributed by atoms with Gasteiger partial charge < -0.3 is 10.1 Å². The lowest BCUT2D eigenvalue weighted by molar-refractivity contribution is -0.125. The van der Waals surface area contributed by atoms with Crippen LogP contribution in [0, 0.1) is 0 Å². The van der Waals surface area contributed by atoms with E-state index >= 15 is 0 Å². The highest BCUT2D eigenvalue weighted by atomic mass is 35.5. The summed E-state index contributed by atoms with van der Waals surface area (Å²) in [5.74, 6) is -0.463. The number of hydrogen-bond donors (Lipinski definition) is 1. The van der Waals surface area contributed by atoms with Gasteiger partial charge in [-0.2, -0.15) is 0 Å². The summed E-state index contributed by atoms with van der Waals surface area (Å²) in [4.78, 5) is 29.5. The van der Waals surface area contributed by atoms with Gasteiger partial charge in [-0.15, -0.1) is 0 Å². The maximum atomic E-state index is 13.8. The summed E-state index contributed by atoms with van der Waals surface area (Å²) in [7, 11) is 0. The van der Waals surface area contributed by atoms with E-state index in [1.165, 1.54) is 0 Å². The number of aromatic nitrogens is 1. The minimum atomic E-state index is -1.27. The largest absolute Gasteiger partial charge is 0.444 e. The second-order valence-corrected chi connectivity index (χ2v) is 7.59. The van der Waals surface area contributed by atoms with Crippen LogP contribution in [0.4, 0.5) is 9.18 Å². The normalized spacial score (nSPS) is 20.5. The third-order valence-electron chi connectivity index (χ3n) is 3.47. The molecule has 1 fully saturated rings. The van der Waals surface area contributed by atoms with Gasteiger partial charge in [-0.25, -0.2) is 14.2 Å². The number of ether oxygens (including phenoxy) is 1. The van der Waals surface area contributed by atoms with Crippen LogP contribution in [-0.4, -0.2) is 46.2 Å². The molecule has 6 nitrogen and oxygen atoms in total. The number of likely N-dealkylation sites (tertiary alicyclic amines) is 1. The van der Waals surface area contributed by atoms with E-state index in [-0.39, 0.29) is 29.8 Å². The molecule has 1 aromatic heterocycles. The second-order valence-electron chi connectivity index (χ2n) is 6.82. The van der Waals surface area contributed by atoms with Crippen molar-refractivity contribution in [1.82, 2.24) is 15.2 Å². The van der Waals surface area contributed by atoms with Gasteiger partial charge in [0.05, 0.1) is 6.54 Å². The molecular weight excluding hydrogens is 372 g/mol. The number of halogens is 3. The van der Waals surface area contributed by atoms with Gasteiger partial charge in [-0.05, 0) is 38.5 Å². The Morgan fingerprint density at radius 3 is 2.52 bits per heavy atom. The number of amides is 2. The van der Waals surface area contributed by atoms with Crippen LogP contribution in [0.1, 0.15) is 32.8 Å². The van der Waals surface area contributed by atoms with Crippen LogP contribution in [0.5, 0.6) is 0 Å². The molecule has 0 radical (unpaired) electrons. The van der Waals surface area contributed by atoms with Crippen molar-refractivity contribution in [3.8, 4) is 0 Å². The number of nitrogens with zero attached hydrogens (tertiary/aromatic N) is 2. The zero-order valence-electron chi connectivity index (χ0n) is 14.2. The van der Waals surface area contributed by atoms with Gasteiger partial charge in [0.25, 0.3) is 0 Å². The molecule has 138 valence electrons. The number of nitrogens with one attached hydrogen (secondary N) is 1. The van der Waals surface area contributed by atoms with Crippen LogP contribution >= 0.6 is 23.2 Å². The van der Waals surface area contributed by atoms with Crippen LogP contribution in [0.2, 0.25) is 10.3 Å². The molecule has 0 spiro atoms. The first-order valence-corrected chi connectivity index (χ1v) is 8.54. The standard InChI is InChI=1S/C16H20Cl2FN3O3/c1-16(2,3)25-15(24)22-8-10(19)6-11(22)14(23)20-7-9-4-12(17)21-13(18)5-9/h4-5,10-11H,6-8H2,1-3H3,(H,20,23). The molecule has 2 unspecified atom stereocenters. The first-order chi connectivity index (χ1) is 11.5. The lowest BCUT2D eigenvalue weighted by atomic mass is 10.2. The smallest absolute Gasteiger partial charge is 0.411 e. The fraction of sp³-hybridized carbons (Fsp3) is 0.562. The van der Waals surface area contributed by atoms with Crippen LogP contribution < -0.4 is 5.32 Å². The topological polar surface area (TPSA) is 71.5 Å². The molecule has 1 N–H and O–H groups in total. The third-order valence-corrected chi connectivity index (χ3v) is 3.86. The summed E-state index contributed by atoms with van der Waals surface area (Å²) in [6.07, 6.45) is -2.04. The average molecular weight is 392 g/mol. The molecule has 2 amide bonds. The lowest BCUT2D eigenvalue weighted by Crippen LogP contribution is -2.47. The highest BCUT2D eigenvalue weighted by Crippen LogP contribution is 2.23. The van der Waals surface area contributed by atoms with Crippen molar-refractivity contribution in [2.45, 2.75) is 51.6 Å². The maximum absolute atomic E-state index is 13.8. The number of alkyl halides is 1. The first-order valence-electron chi connectivity index (χ1n) is 7.78. The maximum Gasteiger partial charge on any atom is 0.411 e. The Hall–Kier alpha value is -1.60. The molecule has 0 aliphatic carbocycles. The summed E-state index contributed by atoms with van der Waals surface area (Å²) in [6, 6.07) is 2.20. The van der Waals surface area contributed by atoms with Crippen LogP contribution in [0.3, 0.4) is 0 Å². The van der Waals surface area contributed by atoms with Crippen molar-refractivity contribution in [2.24, 2.45) is 0 Å². The van der Waals surface area contributed by atoms with Crippen molar-refractivity contribution < 1.29 is 18.7 Å². The third kappa shape index (κ3) is 5.71. The molecule has 1 saturated heterocycles. The number of rotatable bonds is 3. The molecular formula is C16H20Cl2FN3O3. The summed E-state index contributed by atoms with van der Waals surface area (Å²) >= 11 is 11.6. The Morgan fingerprint density at radius 1 is 1.36 bits per heavy atom. The van der Waals surface area contributed by atoms with E-state index in [2.05, 4.69) is 10.3 Å². The SMILES string of the molecule is CC(C)(C)OC(=O)N1CC(F)CC1C(=O)NCc1cc(Cl)nc(Cl)c1. The highest BCUT2D eigenvalue weighted by molar-refractivity contribution is 6.32. The quantitative estimate of drug-likeness (QED) is 0.801. The van der Waals surface area contributed by atoms with Gasteiger partial charge in [0.1, 0.15) is 28.1 Å². The molecule has 9 heteroatoms. The van der Waals surface area contributed by atoms with E-state index in [9.17, 15) is 14.0 Å². The second kappa shape index (κ2) is 7.74. The Bertz CT molecular complexity index is 646. The van der Waals surface area contributed by atoms with E-state index in [0.29, 0.717) is 5.56 Å². The zero-order chi connectivity index (χ0) is 18.8. The van der Waals surface area contributed by atoms with Crippen molar-refractivity contribution in [1.29, 1.82) is 0 Å². The minimum Gasteiger partial charge on any atom is -0.444 e. The first kappa shape index (κ1) is 19.7. The highest BCUT2D eigenvalue weighted by Gasteiger charge is 2.41. The Kier molecular flexibility index (Phi) is 6.11. The molecule has 1 aromatic rings. The van der Waals surface area contributed by atoms with E-state index in [1.54, 1.807) is 32.9 Å². The Morgan fingerprint density at radius 2 is 1.96 bits per heavy atom. The van der Waals surface area contributed by atoms with Gasteiger partial charge in [0.15, 0.2) is 0 Å². The lowest BCUT2D eigenvalue weighted by Gasteiger charge is -2.27. The summed E-state index contributed by atoms with van der Waals surface area (Å²) < 4.78 is 19.0. The fourth-order valence-corrected chi connectivity index (χ4v) is 2.98. The predicted molar refractivity (Wildman–Crippen MR) is 92.3 cm³/mol. The van der Waals surface area contributed by atoms with Crippen molar-refractivity contribution in [2.75, 3.05) is 6.54 Å². The van der Waals surface area contributed by atoms with Crippen molar-refractivity contribution in [3.05, 3.63) is 28.0 Å². The zero-order valence-corrected chi connectivity index (χ0v) is 15.7. The predicted octanol–water partition coefficient (Wildman–Crippen LogP) is 3.35. The van der Waals surface area contributed by atoms with Crippen molar-refractivity contribution in [3.63, 3.8) is 0 Å². The summed E-state index contributed by atoms with van der Waals surface area (Å²) in [5.41, 5.74) is -0.0752. The number of hydrogen-bond acceptors (Lipinski definition) is 4. The van der Waals surface area contributed by atoms with E-state index in [1.807, 2.05) is 0 Å².